The molecule has 0 saturated carbocycles. The summed E-state index contributed by atoms with van der Waals surface area (Å²) in [6.07, 6.45) is -4.51. The zero-order valence-electron chi connectivity index (χ0n) is 15.4. The zero-order valence-corrected chi connectivity index (χ0v) is 16.9. The van der Waals surface area contributed by atoms with Gasteiger partial charge in [-0.25, -0.2) is 4.68 Å². The van der Waals surface area contributed by atoms with Gasteiger partial charge in [-0.15, -0.1) is 0 Å². The van der Waals surface area contributed by atoms with Gasteiger partial charge in [-0.3, -0.25) is 4.79 Å². The molecule has 0 bridgehead atoms. The smallest absolute Gasteiger partial charge is 0.380 e. The van der Waals surface area contributed by atoms with Crippen molar-refractivity contribution in [1.82, 2.24) is 14.7 Å². The number of rotatable bonds is 3. The molecule has 1 amide bonds. The average molecular weight is 455 g/mol. The fourth-order valence-corrected chi connectivity index (χ4v) is 3.68. The molecule has 0 atom stereocenters. The van der Waals surface area contributed by atoms with E-state index >= 15 is 0 Å². The third-order valence-corrected chi connectivity index (χ3v) is 5.20. The number of aromatic nitrogens is 2. The van der Waals surface area contributed by atoms with Crippen LogP contribution in [0, 0.1) is 0 Å². The van der Waals surface area contributed by atoms with Gasteiger partial charge in [0.05, 0.1) is 22.1 Å². The van der Waals surface area contributed by atoms with Crippen LogP contribution < -0.4 is 5.32 Å². The molecule has 2 aromatic carbocycles. The van der Waals surface area contributed by atoms with E-state index in [2.05, 4.69) is 10.4 Å². The first-order chi connectivity index (χ1) is 14.2. The second-order valence-electron chi connectivity index (χ2n) is 6.71. The van der Waals surface area contributed by atoms with Crippen molar-refractivity contribution in [2.45, 2.75) is 6.18 Å². The first-order valence-electron chi connectivity index (χ1n) is 8.98. The molecule has 2 heterocycles. The summed E-state index contributed by atoms with van der Waals surface area (Å²) < 4.78 is 40.3. The number of anilines is 1. The molecule has 3 aromatic rings. The van der Waals surface area contributed by atoms with Gasteiger partial charge in [0.15, 0.2) is 5.69 Å². The summed E-state index contributed by atoms with van der Waals surface area (Å²) in [4.78, 5) is 13.7. The summed E-state index contributed by atoms with van der Waals surface area (Å²) in [5.41, 5.74) is 1.94. The van der Waals surface area contributed by atoms with Gasteiger partial charge in [0.2, 0.25) is 0 Å². The SMILES string of the molecule is O=C1c2nn(-c3ccccc3Cl)c(-c3ccc(Cl)cc3)c2NCCN1CC(F)(F)F. The van der Waals surface area contributed by atoms with E-state index in [1.165, 1.54) is 4.68 Å². The minimum atomic E-state index is -4.51. The maximum atomic E-state index is 13.0. The van der Waals surface area contributed by atoms with Crippen molar-refractivity contribution in [2.24, 2.45) is 0 Å². The molecule has 156 valence electrons. The zero-order chi connectivity index (χ0) is 21.5. The van der Waals surface area contributed by atoms with E-state index in [9.17, 15) is 18.0 Å². The van der Waals surface area contributed by atoms with E-state index in [-0.39, 0.29) is 18.8 Å². The fourth-order valence-electron chi connectivity index (χ4n) is 3.34. The predicted molar refractivity (Wildman–Crippen MR) is 109 cm³/mol. The number of nitrogens with zero attached hydrogens (tertiary/aromatic N) is 3. The van der Waals surface area contributed by atoms with Gasteiger partial charge in [-0.2, -0.15) is 18.3 Å². The van der Waals surface area contributed by atoms with Crippen molar-refractivity contribution in [3.05, 3.63) is 64.3 Å². The molecule has 1 aromatic heterocycles. The van der Waals surface area contributed by atoms with E-state index in [1.54, 1.807) is 48.5 Å². The lowest BCUT2D eigenvalue weighted by atomic mass is 10.1. The van der Waals surface area contributed by atoms with Crippen molar-refractivity contribution in [1.29, 1.82) is 0 Å². The van der Waals surface area contributed by atoms with E-state index in [0.717, 1.165) is 4.90 Å². The maximum Gasteiger partial charge on any atom is 0.406 e. The summed E-state index contributed by atoms with van der Waals surface area (Å²) in [5, 5.41) is 8.36. The number of carbonyl (C=O) groups is 1. The van der Waals surface area contributed by atoms with Crippen LogP contribution in [0.1, 0.15) is 10.5 Å². The Labute approximate surface area is 180 Å². The second-order valence-corrected chi connectivity index (χ2v) is 7.55. The van der Waals surface area contributed by atoms with Crippen LogP contribution in [-0.2, 0) is 0 Å². The Balaban J connectivity index is 1.91. The van der Waals surface area contributed by atoms with Crippen molar-refractivity contribution in [3.8, 4) is 16.9 Å². The first-order valence-corrected chi connectivity index (χ1v) is 9.74. The number of hydrogen-bond donors (Lipinski definition) is 1. The van der Waals surface area contributed by atoms with Gasteiger partial charge < -0.3 is 10.2 Å². The molecule has 4 rings (SSSR count). The largest absolute Gasteiger partial charge is 0.406 e. The molecule has 0 aliphatic carbocycles. The molecule has 5 nitrogen and oxygen atoms in total. The number of alkyl halides is 3. The normalized spacial score (nSPS) is 14.3. The summed E-state index contributed by atoms with van der Waals surface area (Å²) in [6, 6.07) is 13.7. The Kier molecular flexibility index (Phi) is 5.38. The maximum absolute atomic E-state index is 13.0. The van der Waals surface area contributed by atoms with Gasteiger partial charge in [-0.05, 0) is 24.3 Å². The van der Waals surface area contributed by atoms with Crippen LogP contribution >= 0.6 is 23.2 Å². The number of para-hydroxylation sites is 1. The van der Waals surface area contributed by atoms with Crippen LogP contribution in [0.2, 0.25) is 10.0 Å². The lowest BCUT2D eigenvalue weighted by molar-refractivity contribution is -0.140. The lowest BCUT2D eigenvalue weighted by Gasteiger charge is -2.21. The predicted octanol–water partition coefficient (Wildman–Crippen LogP) is 5.28. The monoisotopic (exact) mass is 454 g/mol. The topological polar surface area (TPSA) is 50.2 Å². The first kappa shape index (κ1) is 20.6. The third-order valence-electron chi connectivity index (χ3n) is 4.63. The molecule has 1 aliphatic heterocycles. The molecule has 0 radical (unpaired) electrons. The van der Waals surface area contributed by atoms with Crippen LogP contribution in [0.25, 0.3) is 16.9 Å². The standard InChI is InChI=1S/C20H15Cl2F3N4O/c21-13-7-5-12(6-8-13)18-16-17(27-29(18)15-4-2-1-3-14(15)22)19(30)28(10-9-26-16)11-20(23,24)25/h1-8,26H,9-11H2. The quantitative estimate of drug-likeness (QED) is 0.585. The van der Waals surface area contributed by atoms with Crippen molar-refractivity contribution in [3.63, 3.8) is 0 Å². The lowest BCUT2D eigenvalue weighted by Crippen LogP contribution is -2.40. The van der Waals surface area contributed by atoms with Gasteiger partial charge in [0.25, 0.3) is 5.91 Å². The highest BCUT2D eigenvalue weighted by Crippen LogP contribution is 2.37. The number of hydrogen-bond acceptors (Lipinski definition) is 3. The highest BCUT2D eigenvalue weighted by atomic mass is 35.5. The molecule has 0 spiro atoms. The summed E-state index contributed by atoms with van der Waals surface area (Å²) in [5.74, 6) is -0.798. The number of benzene rings is 2. The highest BCUT2D eigenvalue weighted by Gasteiger charge is 2.37. The number of fused-ring (bicyclic) bond motifs is 1. The van der Waals surface area contributed by atoms with Crippen molar-refractivity contribution >= 4 is 34.8 Å². The summed E-state index contributed by atoms with van der Waals surface area (Å²) >= 11 is 12.3. The molecule has 0 saturated heterocycles. The van der Waals surface area contributed by atoms with Gasteiger partial charge in [-0.1, -0.05) is 47.5 Å². The molecule has 10 heteroatoms. The molecular formula is C20H15Cl2F3N4O. The Bertz CT molecular complexity index is 1100. The van der Waals surface area contributed by atoms with Gasteiger partial charge in [0.1, 0.15) is 6.54 Å². The summed E-state index contributed by atoms with van der Waals surface area (Å²) in [7, 11) is 0. The Morgan fingerprint density at radius 2 is 1.77 bits per heavy atom. The molecule has 1 aliphatic rings. The highest BCUT2D eigenvalue weighted by molar-refractivity contribution is 6.32. The second kappa shape index (κ2) is 7.85. The number of nitrogens with one attached hydrogen (secondary N) is 1. The molecule has 30 heavy (non-hydrogen) atoms. The van der Waals surface area contributed by atoms with E-state index in [4.69, 9.17) is 23.2 Å². The Morgan fingerprint density at radius 3 is 2.43 bits per heavy atom. The van der Waals surface area contributed by atoms with E-state index in [0.29, 0.717) is 32.7 Å². The van der Waals surface area contributed by atoms with Gasteiger partial charge in [0, 0.05) is 23.7 Å². The number of carbonyl (C=O) groups excluding carboxylic acids is 1. The fraction of sp³-hybridized carbons (Fsp3) is 0.200. The average Bonchev–Trinajstić information content (AvgIpc) is 2.99. The number of amides is 1. The molecular weight excluding hydrogens is 440 g/mol. The molecule has 0 fully saturated rings. The van der Waals surface area contributed by atoms with E-state index in [1.807, 2.05) is 0 Å². The van der Waals surface area contributed by atoms with Crippen LogP contribution in [0.5, 0.6) is 0 Å². The molecule has 0 unspecified atom stereocenters. The Hall–Kier alpha value is -2.71. The molecule has 1 N–H and O–H groups in total. The van der Waals surface area contributed by atoms with Crippen molar-refractivity contribution in [2.75, 3.05) is 25.0 Å². The Morgan fingerprint density at radius 1 is 1.07 bits per heavy atom. The van der Waals surface area contributed by atoms with Crippen molar-refractivity contribution < 1.29 is 18.0 Å². The van der Waals surface area contributed by atoms with Crippen LogP contribution in [0.4, 0.5) is 18.9 Å². The van der Waals surface area contributed by atoms with Crippen LogP contribution in [0.15, 0.2) is 48.5 Å². The minimum absolute atomic E-state index is 0.0957. The number of halogens is 5. The van der Waals surface area contributed by atoms with Crippen LogP contribution in [0.3, 0.4) is 0 Å². The van der Waals surface area contributed by atoms with Gasteiger partial charge >= 0.3 is 6.18 Å². The third kappa shape index (κ3) is 3.97. The summed E-state index contributed by atoms with van der Waals surface area (Å²) in [6.45, 7) is -1.30. The van der Waals surface area contributed by atoms with E-state index < -0.39 is 18.6 Å². The minimum Gasteiger partial charge on any atom is -0.380 e. The van der Waals surface area contributed by atoms with Crippen LogP contribution in [-0.4, -0.2) is 46.4 Å².